The van der Waals surface area contributed by atoms with Crippen LogP contribution in [0.4, 0.5) is 10.6 Å². The summed E-state index contributed by atoms with van der Waals surface area (Å²) in [7, 11) is 0. The first-order chi connectivity index (χ1) is 27.1. The Morgan fingerprint density at radius 2 is 1.65 bits per heavy atom. The molecule has 0 radical (unpaired) electrons. The van der Waals surface area contributed by atoms with E-state index in [0.29, 0.717) is 0 Å². The minimum atomic E-state index is -1.58. The Kier molecular flexibility index (Phi) is 9.69. The lowest BCUT2D eigenvalue weighted by Crippen LogP contribution is -2.51. The van der Waals surface area contributed by atoms with Crippen LogP contribution >= 0.6 is 0 Å². The molecule has 1 N–H and O–H groups in total. The van der Waals surface area contributed by atoms with Crippen molar-refractivity contribution in [3.8, 4) is 12.3 Å². The van der Waals surface area contributed by atoms with E-state index in [1.807, 2.05) is 0 Å². The first kappa shape index (κ1) is 38.6. The van der Waals surface area contributed by atoms with Crippen molar-refractivity contribution >= 4 is 41.0 Å². The molecule has 8 rings (SSSR count). The molecule has 5 fully saturated rings. The number of nitrogens with one attached hydrogen (secondary N) is 1. The molecule has 0 bridgehead atoms. The fourth-order valence-electron chi connectivity index (χ4n) is 9.14. The van der Waals surface area contributed by atoms with Crippen LogP contribution in [0.25, 0.3) is 11.2 Å². The van der Waals surface area contributed by atoms with Gasteiger partial charge in [-0.15, -0.1) is 6.42 Å². The van der Waals surface area contributed by atoms with Crippen LogP contribution in [0.15, 0.2) is 20.0 Å². The molecular weight excluding hydrogens is 742 g/mol. The summed E-state index contributed by atoms with van der Waals surface area (Å²) >= 11 is 0. The van der Waals surface area contributed by atoms with Crippen molar-refractivity contribution in [1.29, 1.82) is 0 Å². The zero-order chi connectivity index (χ0) is 40.3. The van der Waals surface area contributed by atoms with Crippen molar-refractivity contribution in [2.45, 2.75) is 135 Å². The van der Waals surface area contributed by atoms with Gasteiger partial charge in [-0.3, -0.25) is 24.3 Å². The van der Waals surface area contributed by atoms with Crippen LogP contribution in [-0.2, 0) is 44.7 Å². The van der Waals surface area contributed by atoms with E-state index in [1.165, 1.54) is 39.9 Å². The third-order valence-corrected chi connectivity index (χ3v) is 12.6. The number of hydrogen-bond acceptors (Lipinski definition) is 15. The van der Waals surface area contributed by atoms with Gasteiger partial charge in [0.15, 0.2) is 35.1 Å². The summed E-state index contributed by atoms with van der Waals surface area (Å²) in [6.07, 6.45) is 14.8. The molecule has 1 amide bonds. The van der Waals surface area contributed by atoms with E-state index in [-0.39, 0.29) is 95.0 Å². The van der Waals surface area contributed by atoms with E-state index >= 15 is 0 Å². The van der Waals surface area contributed by atoms with Crippen LogP contribution < -0.4 is 11.1 Å². The van der Waals surface area contributed by atoms with Crippen LogP contribution in [-0.4, -0.2) is 67.4 Å². The molecule has 1 saturated heterocycles. The summed E-state index contributed by atoms with van der Waals surface area (Å²) in [5, 5.41) is 2.60. The highest BCUT2D eigenvalue weighted by atomic mass is 16.6. The summed E-state index contributed by atoms with van der Waals surface area (Å²) in [6.45, 7) is 5.55. The molecule has 5 aliphatic rings. The molecule has 1 aliphatic heterocycles. The minimum Gasteiger partial charge on any atom is -0.461 e. The number of aromatic nitrogens is 4. The highest BCUT2D eigenvalue weighted by Crippen LogP contribution is 2.60. The smallest absolute Gasteiger partial charge is 0.461 e. The number of carbonyl (C=O) groups is 4. The summed E-state index contributed by atoms with van der Waals surface area (Å²) in [4.78, 5) is 77.1. The fraction of sp³-hybridized carbons (Fsp3) is 0.650. The molecule has 3 aromatic heterocycles. The SMILES string of the molecule is C#C[C@]1(COC(=O)C2CC3(CCC3)C2)O[C@@H](n2cnc3c(NC(=O)OC(C)(C)CC(=O)OCc4oc(=O)oc4C)nc(C)nc32)C[C@@H]1OC(=O)C1CC2(CCC2)C1. The van der Waals surface area contributed by atoms with Gasteiger partial charge in [0.25, 0.3) is 0 Å². The molecule has 57 heavy (non-hydrogen) atoms. The third-order valence-electron chi connectivity index (χ3n) is 12.6. The number of amides is 1. The van der Waals surface area contributed by atoms with E-state index in [4.69, 9.17) is 38.9 Å². The van der Waals surface area contributed by atoms with Gasteiger partial charge in [-0.1, -0.05) is 18.8 Å². The van der Waals surface area contributed by atoms with Gasteiger partial charge >= 0.3 is 29.8 Å². The second-order valence-electron chi connectivity index (χ2n) is 17.3. The highest BCUT2D eigenvalue weighted by molar-refractivity contribution is 5.93. The quantitative estimate of drug-likeness (QED) is 0.139. The molecule has 0 aromatic carbocycles. The van der Waals surface area contributed by atoms with E-state index in [2.05, 4.69) is 26.2 Å². The monoisotopic (exact) mass is 789 g/mol. The lowest BCUT2D eigenvalue weighted by Gasteiger charge is -2.53. The Hall–Kier alpha value is -5.24. The van der Waals surface area contributed by atoms with Gasteiger partial charge in [0, 0.05) is 6.42 Å². The number of imidazole rings is 1. The highest BCUT2D eigenvalue weighted by Gasteiger charge is 2.57. The van der Waals surface area contributed by atoms with Crippen molar-refractivity contribution in [3.05, 3.63) is 34.3 Å². The van der Waals surface area contributed by atoms with E-state index in [9.17, 15) is 24.0 Å². The lowest BCUT2D eigenvalue weighted by molar-refractivity contribution is -0.182. The Balaban J connectivity index is 0.953. The van der Waals surface area contributed by atoms with Gasteiger partial charge < -0.3 is 32.5 Å². The zero-order valence-corrected chi connectivity index (χ0v) is 32.6. The molecule has 304 valence electrons. The van der Waals surface area contributed by atoms with Crippen LogP contribution in [0.2, 0.25) is 0 Å². The molecule has 0 unspecified atom stereocenters. The van der Waals surface area contributed by atoms with Gasteiger partial charge in [-0.05, 0) is 89.9 Å². The van der Waals surface area contributed by atoms with Crippen LogP contribution in [0, 0.1) is 48.9 Å². The second-order valence-corrected chi connectivity index (χ2v) is 17.3. The molecule has 4 heterocycles. The number of esters is 3. The topological polar surface area (TPSA) is 213 Å². The summed E-state index contributed by atoms with van der Waals surface area (Å²) < 4.78 is 40.5. The second kappa shape index (κ2) is 14.3. The zero-order valence-electron chi connectivity index (χ0n) is 32.6. The Morgan fingerprint density at radius 3 is 2.25 bits per heavy atom. The first-order valence-electron chi connectivity index (χ1n) is 19.6. The molecule has 17 heteroatoms. The molecule has 2 spiro atoms. The van der Waals surface area contributed by atoms with Crippen molar-refractivity contribution in [1.82, 2.24) is 19.5 Å². The van der Waals surface area contributed by atoms with Gasteiger partial charge in [0.1, 0.15) is 30.4 Å². The number of aryl methyl sites for hydroxylation is 2. The van der Waals surface area contributed by atoms with Gasteiger partial charge in [-0.25, -0.2) is 24.5 Å². The van der Waals surface area contributed by atoms with Crippen molar-refractivity contribution in [2.75, 3.05) is 11.9 Å². The minimum absolute atomic E-state index is 0.0304. The number of anilines is 1. The van der Waals surface area contributed by atoms with E-state index in [1.54, 1.807) is 11.5 Å². The number of terminal acetylenes is 1. The van der Waals surface area contributed by atoms with Gasteiger partial charge in [0.2, 0.25) is 5.60 Å². The maximum Gasteiger partial charge on any atom is 0.519 e. The predicted octanol–water partition coefficient (Wildman–Crippen LogP) is 5.36. The van der Waals surface area contributed by atoms with Gasteiger partial charge in [-0.2, -0.15) is 0 Å². The number of fused-ring (bicyclic) bond motifs is 1. The van der Waals surface area contributed by atoms with E-state index < -0.39 is 41.4 Å². The van der Waals surface area contributed by atoms with Crippen molar-refractivity contribution in [2.24, 2.45) is 22.7 Å². The van der Waals surface area contributed by atoms with Crippen LogP contribution in [0.1, 0.15) is 114 Å². The normalized spacial score (nSPS) is 25.7. The Bertz CT molecular complexity index is 2190. The Labute approximate surface area is 327 Å². The third kappa shape index (κ3) is 7.51. The molecule has 17 nitrogen and oxygen atoms in total. The summed E-state index contributed by atoms with van der Waals surface area (Å²) in [5.74, 6) is 0.549. The lowest BCUT2D eigenvalue weighted by atomic mass is 9.52. The fourth-order valence-corrected chi connectivity index (χ4v) is 9.14. The first-order valence-corrected chi connectivity index (χ1v) is 19.6. The molecular formula is C40H47N5O12. The maximum absolute atomic E-state index is 13.5. The Morgan fingerprint density at radius 1 is 0.982 bits per heavy atom. The largest absolute Gasteiger partial charge is 0.519 e. The van der Waals surface area contributed by atoms with Crippen LogP contribution in [0.5, 0.6) is 0 Å². The maximum atomic E-state index is 13.5. The average molecular weight is 790 g/mol. The molecule has 3 aromatic rings. The van der Waals surface area contributed by atoms with Crippen LogP contribution in [0.3, 0.4) is 0 Å². The van der Waals surface area contributed by atoms with Gasteiger partial charge in [0.05, 0.1) is 24.6 Å². The van der Waals surface area contributed by atoms with Crippen molar-refractivity contribution < 1.29 is 51.7 Å². The molecule has 3 atom stereocenters. The number of carbonyl (C=O) groups excluding carboxylic acids is 4. The molecule has 4 aliphatic carbocycles. The standard InChI is InChI=1S/C40H47N5O12/c1-6-40(20-52-33(47)24-14-38(15-24)9-7-10-38)27(55-34(48)25-16-39(17-25)11-8-12-39)13-28(56-40)45-21-41-30-31(42-23(3)43-32(30)45)44-35(49)57-37(4,5)18-29(46)51-19-26-22(2)53-36(50)54-26/h1,21,24-25,27-28H,7-20H2,2-5H3,(H,42,43,44,49)/t27-,28+,40+/m0/s1. The number of hydrogen-bond donors (Lipinski definition) is 1. The van der Waals surface area contributed by atoms with Crippen molar-refractivity contribution in [3.63, 3.8) is 0 Å². The predicted molar refractivity (Wildman–Crippen MR) is 196 cm³/mol. The number of nitrogens with zero attached hydrogens (tertiary/aromatic N) is 4. The summed E-state index contributed by atoms with van der Waals surface area (Å²) in [6, 6.07) is 0. The number of rotatable bonds is 12. The van der Waals surface area contributed by atoms with E-state index in [0.717, 1.165) is 51.4 Å². The molecule has 4 saturated carbocycles. The number of ether oxygens (including phenoxy) is 5. The summed E-state index contributed by atoms with van der Waals surface area (Å²) in [5.41, 5.74) is -1.88. The average Bonchev–Trinajstić information content (AvgIpc) is 3.73.